The normalized spacial score (nSPS) is 11.9. The van der Waals surface area contributed by atoms with Crippen LogP contribution in [0, 0.1) is 0 Å². The summed E-state index contributed by atoms with van der Waals surface area (Å²) >= 11 is 5.79. The molecule has 0 aliphatic carbocycles. The van der Waals surface area contributed by atoms with Crippen LogP contribution in [0.3, 0.4) is 0 Å². The van der Waals surface area contributed by atoms with Crippen molar-refractivity contribution in [3.63, 3.8) is 0 Å². The number of amides is 1. The average Bonchev–Trinajstić information content (AvgIpc) is 2.47. The van der Waals surface area contributed by atoms with Crippen molar-refractivity contribution in [1.82, 2.24) is 4.72 Å². The third kappa shape index (κ3) is 5.36. The van der Waals surface area contributed by atoms with E-state index in [1.165, 1.54) is 24.3 Å². The van der Waals surface area contributed by atoms with E-state index in [1.807, 2.05) is 0 Å². The fourth-order valence-corrected chi connectivity index (χ4v) is 2.49. The molecule has 0 bridgehead atoms. The molecule has 0 aliphatic rings. The number of sulfonamides is 1. The molecule has 10 heteroatoms. The van der Waals surface area contributed by atoms with Gasteiger partial charge >= 0.3 is 6.18 Å². The van der Waals surface area contributed by atoms with Crippen LogP contribution >= 0.6 is 11.6 Å². The Morgan fingerprint density at radius 3 is 2.40 bits per heavy atom. The monoisotopic (exact) mass is 393 g/mol. The summed E-state index contributed by atoms with van der Waals surface area (Å²) in [7, 11) is -3.74. The number of carbonyl (C=O) groups excluding carboxylic acids is 1. The molecule has 25 heavy (non-hydrogen) atoms. The van der Waals surface area contributed by atoms with Crippen LogP contribution in [0.1, 0.15) is 15.9 Å². The van der Waals surface area contributed by atoms with Crippen molar-refractivity contribution < 1.29 is 31.1 Å². The minimum atomic E-state index is -4.54. The number of alkyl halides is 3. The zero-order valence-corrected chi connectivity index (χ0v) is 14.2. The Hall–Kier alpha value is -2.26. The molecule has 2 rings (SSSR count). The summed E-state index contributed by atoms with van der Waals surface area (Å²) < 4.78 is 67.1. The number of nitrogens with one attached hydrogen (secondary N) is 1. The lowest BCUT2D eigenvalue weighted by Crippen LogP contribution is -2.29. The Balaban J connectivity index is 2.24. The number of hydrogen-bond acceptors (Lipinski definition) is 4. The van der Waals surface area contributed by atoms with Gasteiger partial charge in [-0.2, -0.15) is 13.2 Å². The van der Waals surface area contributed by atoms with Gasteiger partial charge in [-0.1, -0.05) is 17.7 Å². The average molecular weight is 394 g/mol. The fourth-order valence-electron chi connectivity index (χ4n) is 1.82. The molecule has 0 spiro atoms. The van der Waals surface area contributed by atoms with Crippen molar-refractivity contribution in [2.75, 3.05) is 6.26 Å². The van der Waals surface area contributed by atoms with Gasteiger partial charge in [0, 0.05) is 5.56 Å². The summed E-state index contributed by atoms with van der Waals surface area (Å²) in [6, 6.07) is 8.01. The minimum Gasteiger partial charge on any atom is -0.456 e. The molecule has 5 nitrogen and oxygen atoms in total. The quantitative estimate of drug-likeness (QED) is 0.856. The van der Waals surface area contributed by atoms with Crippen LogP contribution in [0.5, 0.6) is 11.5 Å². The number of halogens is 4. The minimum absolute atomic E-state index is 0.00837. The van der Waals surface area contributed by atoms with Gasteiger partial charge in [-0.15, -0.1) is 0 Å². The molecule has 134 valence electrons. The van der Waals surface area contributed by atoms with Crippen molar-refractivity contribution in [3.8, 4) is 11.5 Å². The highest BCUT2D eigenvalue weighted by Crippen LogP contribution is 2.36. The molecule has 0 atom stereocenters. The molecular weight excluding hydrogens is 383 g/mol. The molecule has 0 fully saturated rings. The Morgan fingerprint density at radius 1 is 1.16 bits per heavy atom. The molecule has 0 saturated carbocycles. The molecule has 1 N–H and O–H groups in total. The topological polar surface area (TPSA) is 72.5 Å². The Morgan fingerprint density at radius 2 is 1.84 bits per heavy atom. The molecule has 0 heterocycles. The van der Waals surface area contributed by atoms with E-state index in [0.717, 1.165) is 24.5 Å². The van der Waals surface area contributed by atoms with E-state index in [0.29, 0.717) is 0 Å². The molecule has 0 aromatic heterocycles. The van der Waals surface area contributed by atoms with Crippen molar-refractivity contribution in [3.05, 3.63) is 58.6 Å². The SMILES string of the molecule is CS(=O)(=O)NC(=O)c1cccc(Oc2ccc(C(F)(F)F)cc2Cl)c1. The van der Waals surface area contributed by atoms with E-state index in [2.05, 4.69) is 0 Å². The third-order valence-corrected chi connectivity index (χ3v) is 3.71. The fraction of sp³-hybridized carbons (Fsp3) is 0.133. The summed E-state index contributed by atoms with van der Waals surface area (Å²) in [5.41, 5.74) is -0.933. The van der Waals surface area contributed by atoms with Gasteiger partial charge < -0.3 is 4.74 Å². The Bertz CT molecular complexity index is 913. The molecule has 0 saturated heterocycles. The van der Waals surface area contributed by atoms with E-state index in [4.69, 9.17) is 16.3 Å². The highest BCUT2D eigenvalue weighted by atomic mass is 35.5. The smallest absolute Gasteiger partial charge is 0.416 e. The van der Waals surface area contributed by atoms with Crippen LogP contribution in [-0.4, -0.2) is 20.6 Å². The predicted molar refractivity (Wildman–Crippen MR) is 85.3 cm³/mol. The zero-order chi connectivity index (χ0) is 18.8. The van der Waals surface area contributed by atoms with Crippen LogP contribution in [0.25, 0.3) is 0 Å². The molecule has 2 aromatic rings. The number of rotatable bonds is 4. The van der Waals surface area contributed by atoms with Gasteiger partial charge in [-0.3, -0.25) is 4.79 Å². The van der Waals surface area contributed by atoms with E-state index in [1.54, 1.807) is 4.72 Å². The van der Waals surface area contributed by atoms with Gasteiger partial charge in [0.2, 0.25) is 10.0 Å². The standard InChI is InChI=1S/C15H11ClF3NO4S/c1-25(22,23)20-14(21)9-3-2-4-11(7-9)24-13-6-5-10(8-12(13)16)15(17,18)19/h2-8H,1H3,(H,20,21). The van der Waals surface area contributed by atoms with Gasteiger partial charge in [0.1, 0.15) is 11.5 Å². The first-order valence-corrected chi connectivity index (χ1v) is 8.89. The van der Waals surface area contributed by atoms with Crippen LogP contribution < -0.4 is 9.46 Å². The van der Waals surface area contributed by atoms with Crippen molar-refractivity contribution >= 4 is 27.5 Å². The lowest BCUT2D eigenvalue weighted by Gasteiger charge is -2.11. The molecule has 0 unspecified atom stereocenters. The second-order valence-electron chi connectivity index (χ2n) is 4.98. The van der Waals surface area contributed by atoms with Crippen molar-refractivity contribution in [2.45, 2.75) is 6.18 Å². The molecular formula is C15H11ClF3NO4S. The maximum Gasteiger partial charge on any atom is 0.416 e. The molecule has 0 aliphatic heterocycles. The van der Waals surface area contributed by atoms with E-state index >= 15 is 0 Å². The zero-order valence-electron chi connectivity index (χ0n) is 12.6. The molecule has 0 radical (unpaired) electrons. The lowest BCUT2D eigenvalue weighted by atomic mass is 10.2. The van der Waals surface area contributed by atoms with Gasteiger partial charge in [0.25, 0.3) is 5.91 Å². The summed E-state index contributed by atoms with van der Waals surface area (Å²) in [6.45, 7) is 0. The van der Waals surface area contributed by atoms with E-state index in [-0.39, 0.29) is 22.1 Å². The first kappa shape index (κ1) is 19.1. The molecule has 2 aromatic carbocycles. The maximum atomic E-state index is 12.6. The number of carbonyl (C=O) groups is 1. The summed E-state index contributed by atoms with van der Waals surface area (Å²) in [5.74, 6) is -0.815. The summed E-state index contributed by atoms with van der Waals surface area (Å²) in [5, 5.41) is -0.263. The van der Waals surface area contributed by atoms with E-state index in [9.17, 15) is 26.4 Å². The Kier molecular flexibility index (Phi) is 5.28. The number of hydrogen-bond donors (Lipinski definition) is 1. The van der Waals surface area contributed by atoms with Crippen LogP contribution in [0.2, 0.25) is 5.02 Å². The number of ether oxygens (including phenoxy) is 1. The second kappa shape index (κ2) is 6.93. The van der Waals surface area contributed by atoms with Crippen molar-refractivity contribution in [1.29, 1.82) is 0 Å². The first-order valence-electron chi connectivity index (χ1n) is 6.62. The third-order valence-electron chi connectivity index (χ3n) is 2.86. The van der Waals surface area contributed by atoms with Crippen LogP contribution in [0.15, 0.2) is 42.5 Å². The Labute approximate surface area is 146 Å². The largest absolute Gasteiger partial charge is 0.456 e. The van der Waals surface area contributed by atoms with Gasteiger partial charge in [-0.25, -0.2) is 13.1 Å². The van der Waals surface area contributed by atoms with Gasteiger partial charge in [-0.05, 0) is 36.4 Å². The van der Waals surface area contributed by atoms with Crippen molar-refractivity contribution in [2.24, 2.45) is 0 Å². The highest BCUT2D eigenvalue weighted by molar-refractivity contribution is 7.89. The van der Waals surface area contributed by atoms with Gasteiger partial charge in [0.05, 0.1) is 16.8 Å². The second-order valence-corrected chi connectivity index (χ2v) is 7.13. The lowest BCUT2D eigenvalue weighted by molar-refractivity contribution is -0.137. The number of benzene rings is 2. The van der Waals surface area contributed by atoms with E-state index < -0.39 is 27.7 Å². The highest BCUT2D eigenvalue weighted by Gasteiger charge is 2.31. The van der Waals surface area contributed by atoms with Gasteiger partial charge in [0.15, 0.2) is 0 Å². The predicted octanol–water partition coefficient (Wildman–Crippen LogP) is 3.84. The first-order chi connectivity index (χ1) is 11.5. The summed E-state index contributed by atoms with van der Waals surface area (Å²) in [6.07, 6.45) is -3.71. The maximum absolute atomic E-state index is 12.6. The van der Waals surface area contributed by atoms with Crippen LogP contribution in [0.4, 0.5) is 13.2 Å². The summed E-state index contributed by atoms with van der Waals surface area (Å²) in [4.78, 5) is 11.8. The van der Waals surface area contributed by atoms with Crippen LogP contribution in [-0.2, 0) is 16.2 Å². The molecule has 1 amide bonds.